The molecule has 21 heavy (non-hydrogen) atoms. The molecule has 5 heteroatoms. The number of carbonyl (C=O) groups excluding carboxylic acids is 1. The highest BCUT2D eigenvalue weighted by atomic mass is 16.5. The first-order valence-corrected chi connectivity index (χ1v) is 7.16. The molecule has 0 unspecified atom stereocenters. The summed E-state index contributed by atoms with van der Waals surface area (Å²) in [5.41, 5.74) is 0.668. The summed E-state index contributed by atoms with van der Waals surface area (Å²) >= 11 is 0. The Labute approximate surface area is 125 Å². The lowest BCUT2D eigenvalue weighted by molar-refractivity contribution is -0.120. The molecule has 0 radical (unpaired) electrons. The van der Waals surface area contributed by atoms with Gasteiger partial charge in [0.15, 0.2) is 0 Å². The van der Waals surface area contributed by atoms with Gasteiger partial charge in [-0.15, -0.1) is 0 Å². The number of rotatable bonds is 7. The highest BCUT2D eigenvalue weighted by Gasteiger charge is 2.45. The molecule has 5 nitrogen and oxygen atoms in total. The lowest BCUT2D eigenvalue weighted by atomic mass is 9.62. The Kier molecular flexibility index (Phi) is 5.32. The zero-order valence-corrected chi connectivity index (χ0v) is 12.3. The molecule has 1 fully saturated rings. The quantitative estimate of drug-likeness (QED) is 0.733. The zero-order chi connectivity index (χ0) is 15.1. The van der Waals surface area contributed by atoms with Crippen LogP contribution in [-0.2, 0) is 14.9 Å². The number of nitrogens with zero attached hydrogens (tertiary/aromatic N) is 1. The molecule has 1 aromatic carbocycles. The van der Waals surface area contributed by atoms with Gasteiger partial charge >= 0.3 is 0 Å². The van der Waals surface area contributed by atoms with Crippen molar-refractivity contribution in [1.82, 2.24) is 10.6 Å². The Morgan fingerprint density at radius 1 is 1.43 bits per heavy atom. The second-order valence-corrected chi connectivity index (χ2v) is 5.39. The van der Waals surface area contributed by atoms with E-state index in [0.717, 1.165) is 18.4 Å². The minimum absolute atomic E-state index is 0.0405. The van der Waals surface area contributed by atoms with Gasteiger partial charge in [-0.3, -0.25) is 4.79 Å². The van der Waals surface area contributed by atoms with Gasteiger partial charge in [0.1, 0.15) is 0 Å². The Morgan fingerprint density at radius 2 is 2.14 bits per heavy atom. The third-order valence-corrected chi connectivity index (χ3v) is 3.91. The van der Waals surface area contributed by atoms with Crippen LogP contribution in [0.1, 0.15) is 18.4 Å². The van der Waals surface area contributed by atoms with Crippen LogP contribution in [0.15, 0.2) is 30.3 Å². The number of ether oxygens (including phenoxy) is 1. The van der Waals surface area contributed by atoms with Crippen LogP contribution < -0.4 is 10.6 Å². The summed E-state index contributed by atoms with van der Waals surface area (Å²) in [6, 6.07) is 12.5. The number of amides is 1. The van der Waals surface area contributed by atoms with E-state index in [9.17, 15) is 10.1 Å². The van der Waals surface area contributed by atoms with Gasteiger partial charge in [-0.1, -0.05) is 30.3 Å². The van der Waals surface area contributed by atoms with E-state index in [-0.39, 0.29) is 18.5 Å². The number of nitrogens with one attached hydrogen (secondary N) is 2. The van der Waals surface area contributed by atoms with Gasteiger partial charge in [0.05, 0.1) is 24.6 Å². The fourth-order valence-electron chi connectivity index (χ4n) is 2.67. The average Bonchev–Trinajstić information content (AvgIpc) is 2.47. The molecular weight excluding hydrogens is 266 g/mol. The first-order chi connectivity index (χ1) is 10.2. The summed E-state index contributed by atoms with van der Waals surface area (Å²) < 4.78 is 4.87. The largest absolute Gasteiger partial charge is 0.383 e. The number of hydrogen-bond donors (Lipinski definition) is 2. The van der Waals surface area contributed by atoms with Crippen LogP contribution in [0, 0.1) is 11.3 Å². The Morgan fingerprint density at radius 3 is 2.76 bits per heavy atom. The molecule has 1 aromatic rings. The Hall–Kier alpha value is -1.90. The maximum absolute atomic E-state index is 11.6. The van der Waals surface area contributed by atoms with Gasteiger partial charge in [-0.2, -0.15) is 5.26 Å². The van der Waals surface area contributed by atoms with Gasteiger partial charge < -0.3 is 15.4 Å². The summed E-state index contributed by atoms with van der Waals surface area (Å²) in [6.45, 7) is 1.32. The highest BCUT2D eigenvalue weighted by molar-refractivity contribution is 5.78. The van der Waals surface area contributed by atoms with Crippen molar-refractivity contribution in [2.24, 2.45) is 0 Å². The fraction of sp³-hybridized carbons (Fsp3) is 0.500. The number of benzene rings is 1. The van der Waals surface area contributed by atoms with Gasteiger partial charge in [0, 0.05) is 19.7 Å². The van der Waals surface area contributed by atoms with Crippen molar-refractivity contribution in [2.45, 2.75) is 24.3 Å². The van der Waals surface area contributed by atoms with Crippen molar-refractivity contribution in [1.29, 1.82) is 5.26 Å². The van der Waals surface area contributed by atoms with Crippen molar-refractivity contribution >= 4 is 5.91 Å². The molecule has 1 aliphatic rings. The van der Waals surface area contributed by atoms with Gasteiger partial charge in [-0.05, 0) is 18.4 Å². The van der Waals surface area contributed by atoms with Crippen molar-refractivity contribution in [3.05, 3.63) is 35.9 Å². The molecule has 0 spiro atoms. The summed E-state index contributed by atoms with van der Waals surface area (Å²) in [6.07, 6.45) is 1.50. The van der Waals surface area contributed by atoms with Crippen LogP contribution in [0.25, 0.3) is 0 Å². The third-order valence-electron chi connectivity index (χ3n) is 3.91. The average molecular weight is 287 g/mol. The second-order valence-electron chi connectivity index (χ2n) is 5.39. The molecule has 1 saturated carbocycles. The van der Waals surface area contributed by atoms with Crippen molar-refractivity contribution < 1.29 is 9.53 Å². The molecule has 112 valence electrons. The number of carbonyl (C=O) groups is 1. The molecule has 0 saturated heterocycles. The lowest BCUT2D eigenvalue weighted by Gasteiger charge is -2.43. The molecule has 0 heterocycles. The maximum Gasteiger partial charge on any atom is 0.234 e. The molecule has 0 aromatic heterocycles. The number of methoxy groups -OCH3 is 1. The molecule has 0 aliphatic heterocycles. The van der Waals surface area contributed by atoms with Crippen LogP contribution in [0.4, 0.5) is 0 Å². The Balaban J connectivity index is 1.76. The summed E-state index contributed by atoms with van der Waals surface area (Å²) in [5, 5.41) is 15.4. The van der Waals surface area contributed by atoms with Crippen molar-refractivity contribution in [3.63, 3.8) is 0 Å². The summed E-state index contributed by atoms with van der Waals surface area (Å²) in [5.74, 6) is -0.0405. The summed E-state index contributed by atoms with van der Waals surface area (Å²) in [4.78, 5) is 11.6. The van der Waals surface area contributed by atoms with Gasteiger partial charge in [-0.25, -0.2) is 0 Å². The minimum atomic E-state index is -0.397. The topological polar surface area (TPSA) is 74.2 Å². The maximum atomic E-state index is 11.6. The molecule has 0 atom stereocenters. The molecule has 2 rings (SSSR count). The first kappa shape index (κ1) is 15.5. The normalized spacial score (nSPS) is 23.9. The van der Waals surface area contributed by atoms with Crippen LogP contribution in [0.2, 0.25) is 0 Å². The zero-order valence-electron chi connectivity index (χ0n) is 12.3. The van der Waals surface area contributed by atoms with E-state index in [2.05, 4.69) is 16.7 Å². The first-order valence-electron chi connectivity index (χ1n) is 7.16. The Bertz CT molecular complexity index is 504. The predicted octanol–water partition coefficient (Wildman–Crippen LogP) is 0.963. The van der Waals surface area contributed by atoms with Crippen LogP contribution in [0.3, 0.4) is 0 Å². The molecule has 2 N–H and O–H groups in total. The fourth-order valence-corrected chi connectivity index (χ4v) is 2.67. The van der Waals surface area contributed by atoms with Crippen LogP contribution >= 0.6 is 0 Å². The van der Waals surface area contributed by atoms with E-state index in [1.807, 2.05) is 30.3 Å². The second kappa shape index (κ2) is 7.21. The smallest absolute Gasteiger partial charge is 0.234 e. The van der Waals surface area contributed by atoms with E-state index in [1.165, 1.54) is 0 Å². The lowest BCUT2D eigenvalue weighted by Crippen LogP contribution is -2.53. The molecular formula is C16H21N3O2. The van der Waals surface area contributed by atoms with Gasteiger partial charge in [0.2, 0.25) is 5.91 Å². The molecule has 1 aliphatic carbocycles. The highest BCUT2D eigenvalue weighted by Crippen LogP contribution is 2.43. The van der Waals surface area contributed by atoms with E-state index < -0.39 is 5.41 Å². The van der Waals surface area contributed by atoms with E-state index in [0.29, 0.717) is 13.2 Å². The van der Waals surface area contributed by atoms with Crippen LogP contribution in [0.5, 0.6) is 0 Å². The standard InChI is InChI=1S/C16H21N3O2/c1-21-8-7-18-15(20)11-19-14-9-16(10-14,12-17)13-5-3-2-4-6-13/h2-6,14,19H,7-11H2,1H3,(H,18,20). The van der Waals surface area contributed by atoms with E-state index >= 15 is 0 Å². The van der Waals surface area contributed by atoms with E-state index in [1.54, 1.807) is 7.11 Å². The van der Waals surface area contributed by atoms with Crippen molar-refractivity contribution in [3.8, 4) is 6.07 Å². The van der Waals surface area contributed by atoms with Crippen LogP contribution in [-0.4, -0.2) is 38.8 Å². The van der Waals surface area contributed by atoms with Crippen molar-refractivity contribution in [2.75, 3.05) is 26.8 Å². The number of hydrogen-bond acceptors (Lipinski definition) is 4. The molecule has 0 bridgehead atoms. The van der Waals surface area contributed by atoms with Gasteiger partial charge in [0.25, 0.3) is 0 Å². The third kappa shape index (κ3) is 3.81. The predicted molar refractivity (Wildman–Crippen MR) is 79.6 cm³/mol. The summed E-state index contributed by atoms with van der Waals surface area (Å²) in [7, 11) is 1.60. The SMILES string of the molecule is COCCNC(=O)CNC1CC(C#N)(c2ccccc2)C1. The number of nitriles is 1. The minimum Gasteiger partial charge on any atom is -0.383 e. The monoisotopic (exact) mass is 287 g/mol. The van der Waals surface area contributed by atoms with E-state index in [4.69, 9.17) is 4.74 Å². The molecule has 1 amide bonds.